The van der Waals surface area contributed by atoms with E-state index in [0.717, 1.165) is 63.3 Å². The van der Waals surface area contributed by atoms with Crippen LogP contribution in [0.4, 0.5) is 39.5 Å². The summed E-state index contributed by atoms with van der Waals surface area (Å²) in [5.41, 5.74) is -12.3. The number of esters is 3. The van der Waals surface area contributed by atoms with Crippen LogP contribution in [0.2, 0.25) is 0 Å². The average Bonchev–Trinajstić information content (AvgIpc) is 0.783. The van der Waals surface area contributed by atoms with Crippen LogP contribution < -0.4 is 0 Å². The van der Waals surface area contributed by atoms with Crippen LogP contribution in [0.3, 0.4) is 0 Å². The molecule has 484 valence electrons. The Hall–Kier alpha value is -7.83. The molecule has 0 radical (unpaired) electrons. The molecule has 1 fully saturated rings. The summed E-state index contributed by atoms with van der Waals surface area (Å²) in [4.78, 5) is 54.1. The molecule has 0 heterocycles. The van der Waals surface area contributed by atoms with Crippen LogP contribution in [0, 0.1) is 22.7 Å². The second kappa shape index (κ2) is 29.4. The van der Waals surface area contributed by atoms with Crippen molar-refractivity contribution in [3.63, 3.8) is 0 Å². The van der Waals surface area contributed by atoms with Crippen LogP contribution in [0.15, 0.2) is 197 Å². The molecule has 6 atom stereocenters. The number of allylic oxidation sites excluding steroid dienone is 15. The number of rotatable bonds is 21. The first kappa shape index (κ1) is 72.9. The number of alkyl halides is 9. The van der Waals surface area contributed by atoms with Gasteiger partial charge in [0, 0.05) is 67.4 Å². The summed E-state index contributed by atoms with van der Waals surface area (Å²) in [6.45, 7) is 14.3. The molecule has 0 saturated heterocycles. The number of ketones is 1. The molecule has 0 bridgehead atoms. The topological polar surface area (TPSA) is 144 Å². The highest BCUT2D eigenvalue weighted by Gasteiger charge is 2.67. The maximum atomic E-state index is 14.8. The van der Waals surface area contributed by atoms with Crippen molar-refractivity contribution >= 4 is 23.7 Å². The van der Waals surface area contributed by atoms with Gasteiger partial charge in [0.1, 0.15) is 18.8 Å². The van der Waals surface area contributed by atoms with Gasteiger partial charge in [-0.2, -0.15) is 39.5 Å². The minimum absolute atomic E-state index is 0.0113. The lowest BCUT2D eigenvalue weighted by atomic mass is 9.64. The number of methoxy groups -OCH3 is 3. The highest BCUT2D eigenvalue weighted by Crippen LogP contribution is 2.50. The zero-order chi connectivity index (χ0) is 67.3. The van der Waals surface area contributed by atoms with E-state index in [1.54, 1.807) is 103 Å². The van der Waals surface area contributed by atoms with Gasteiger partial charge in [-0.05, 0) is 76.2 Å². The normalized spacial score (nSPS) is 22.1. The maximum absolute atomic E-state index is 14.8. The lowest BCUT2D eigenvalue weighted by molar-refractivity contribution is -0.280. The van der Waals surface area contributed by atoms with E-state index in [0.29, 0.717) is 27.9 Å². The summed E-state index contributed by atoms with van der Waals surface area (Å²) in [6, 6.07) is 19.0. The average molecular weight is 1260 g/mol. The zero-order valence-electron chi connectivity index (χ0n) is 52.1. The Kier molecular flexibility index (Phi) is 23.8. The Morgan fingerprint density at radius 1 is 0.556 bits per heavy atom. The van der Waals surface area contributed by atoms with Crippen LogP contribution in [-0.4, -0.2) is 93.1 Å². The van der Waals surface area contributed by atoms with Gasteiger partial charge in [0.15, 0.2) is 5.78 Å². The number of carbonyl (C=O) groups is 4. The fourth-order valence-electron chi connectivity index (χ4n) is 11.2. The fraction of sp³-hybridized carbons (Fsp3) is 0.400. The minimum atomic E-state index is -5.27. The lowest BCUT2D eigenvalue weighted by Gasteiger charge is -2.46. The summed E-state index contributed by atoms with van der Waals surface area (Å²) in [5.74, 6) is 0.435. The van der Waals surface area contributed by atoms with E-state index >= 15 is 0 Å². The van der Waals surface area contributed by atoms with Crippen LogP contribution in [0.5, 0.6) is 0 Å². The first-order valence-electron chi connectivity index (χ1n) is 28.5. The third-order valence-electron chi connectivity index (χ3n) is 15.7. The van der Waals surface area contributed by atoms with E-state index in [1.807, 2.05) is 6.92 Å². The van der Waals surface area contributed by atoms with E-state index in [2.05, 4.69) is 11.8 Å². The molecule has 5 rings (SSSR count). The van der Waals surface area contributed by atoms with Gasteiger partial charge in [-0.25, -0.2) is 14.4 Å². The molecule has 90 heavy (non-hydrogen) atoms. The van der Waals surface area contributed by atoms with Gasteiger partial charge in [-0.3, -0.25) is 4.79 Å². The molecule has 1 saturated carbocycles. The number of carbonyl (C=O) groups excluding carboxylic acids is 4. The van der Waals surface area contributed by atoms with Gasteiger partial charge < -0.3 is 33.5 Å². The molecule has 11 nitrogen and oxygen atoms in total. The Morgan fingerprint density at radius 3 is 1.36 bits per heavy atom. The SMILES string of the molecule is CO[C@@](C(=O)OC\C(C#CC1=C(C)C[C@@H](OC(=O)[C@](OC)(c2ccccc2)C(F)(F)F)CC1(C)C)=C/C=C/C(C)=C/C=C/C=C(C)/C=C/C=C(\C)C(=O)/C=C1\C(C)(C)C[C@H](OC(=O)[C@](OC)(c2ccccc2)C(F)(F)F)C[C@@]1(C)O)(c1ccccc1)C(F)(F)F. The van der Waals surface area contributed by atoms with Crippen molar-refractivity contribution in [2.45, 2.75) is 141 Å². The number of ether oxygens (including phenoxy) is 6. The number of aliphatic hydroxyl groups is 1. The molecule has 0 aliphatic heterocycles. The standard InChI is InChI=1S/C70H75F9O11/c1-46(28-24-30-48(3)57(80)41-58-63(7,8)43-55(44-64(58,9)84)90-61(83)67(87-12,70(77,78)79)53-36-20-15-21-37-53)26-22-23-27-47(2)29-25-31-50(45-88-59(81)65(85-10,68(71,72)73)51-32-16-13-17-33-51)38-39-56-49(4)40-54(42-62(56,5)6)89-60(82)66(86-11,69(74,75)76)52-34-18-14-19-35-52/h13-37,41,54-55,84H,40,42-45H2,1-12H3/b23-22+,28-24+,29-25+,46-26+,47-27+,48-30+,50-31-,58-41+/t54-,55+,64-,65-,66-,67-/m1/s1. The van der Waals surface area contributed by atoms with E-state index < -0.39 is 111 Å². The molecule has 3 aromatic carbocycles. The van der Waals surface area contributed by atoms with E-state index in [1.165, 1.54) is 73.7 Å². The molecule has 0 spiro atoms. The van der Waals surface area contributed by atoms with Crippen molar-refractivity contribution in [3.8, 4) is 11.8 Å². The number of halogens is 9. The zero-order valence-corrected chi connectivity index (χ0v) is 52.1. The molecule has 2 aliphatic rings. The van der Waals surface area contributed by atoms with Crippen molar-refractivity contribution in [1.82, 2.24) is 0 Å². The van der Waals surface area contributed by atoms with Gasteiger partial charge in [0.2, 0.25) is 0 Å². The minimum Gasteiger partial charge on any atom is -0.460 e. The Balaban J connectivity index is 1.33. The molecule has 0 amide bonds. The molecule has 20 heteroatoms. The summed E-state index contributed by atoms with van der Waals surface area (Å²) >= 11 is 0. The summed E-state index contributed by atoms with van der Waals surface area (Å²) in [5, 5.41) is 11.6. The second-order valence-corrected chi connectivity index (χ2v) is 23.5. The number of hydrogen-bond donors (Lipinski definition) is 1. The first-order chi connectivity index (χ1) is 41.9. The van der Waals surface area contributed by atoms with Gasteiger partial charge in [0.05, 0.1) is 5.60 Å². The Labute approximate surface area is 519 Å². The van der Waals surface area contributed by atoms with Crippen molar-refractivity contribution in [1.29, 1.82) is 0 Å². The Morgan fingerprint density at radius 2 is 0.956 bits per heavy atom. The first-order valence-corrected chi connectivity index (χ1v) is 28.5. The summed E-state index contributed by atoms with van der Waals surface area (Å²) in [7, 11) is 2.27. The second-order valence-electron chi connectivity index (χ2n) is 23.5. The smallest absolute Gasteiger partial charge is 0.432 e. The van der Waals surface area contributed by atoms with Crippen LogP contribution in [-0.2, 0) is 64.4 Å². The molecule has 1 N–H and O–H groups in total. The van der Waals surface area contributed by atoms with E-state index in [-0.39, 0.29) is 31.3 Å². The monoisotopic (exact) mass is 1260 g/mol. The summed E-state index contributed by atoms with van der Waals surface area (Å²) < 4.78 is 164. The van der Waals surface area contributed by atoms with Gasteiger partial charge >= 0.3 is 36.4 Å². The van der Waals surface area contributed by atoms with E-state index in [4.69, 9.17) is 28.4 Å². The molecule has 2 aliphatic carbocycles. The van der Waals surface area contributed by atoms with Crippen LogP contribution in [0.25, 0.3) is 0 Å². The summed E-state index contributed by atoms with van der Waals surface area (Å²) in [6.07, 6.45) is -0.290. The fourth-order valence-corrected chi connectivity index (χ4v) is 11.2. The maximum Gasteiger partial charge on any atom is 0.432 e. The van der Waals surface area contributed by atoms with Crippen LogP contribution >= 0.6 is 0 Å². The predicted octanol–water partition coefficient (Wildman–Crippen LogP) is 15.3. The Bertz CT molecular complexity index is 3400. The van der Waals surface area contributed by atoms with Crippen molar-refractivity contribution in [3.05, 3.63) is 214 Å². The van der Waals surface area contributed by atoms with Crippen LogP contribution in [0.1, 0.15) is 105 Å². The van der Waals surface area contributed by atoms with Crippen molar-refractivity contribution in [2.75, 3.05) is 27.9 Å². The highest BCUT2D eigenvalue weighted by atomic mass is 19.4. The van der Waals surface area contributed by atoms with Gasteiger partial charge in [0.25, 0.3) is 16.8 Å². The van der Waals surface area contributed by atoms with Gasteiger partial charge in [-0.1, -0.05) is 202 Å². The van der Waals surface area contributed by atoms with E-state index in [9.17, 15) is 63.8 Å². The third kappa shape index (κ3) is 16.6. The highest BCUT2D eigenvalue weighted by molar-refractivity contribution is 6.04. The molecule has 3 aromatic rings. The third-order valence-corrected chi connectivity index (χ3v) is 15.7. The van der Waals surface area contributed by atoms with Crippen molar-refractivity contribution < 1.29 is 92.2 Å². The number of benzene rings is 3. The van der Waals surface area contributed by atoms with Crippen molar-refractivity contribution in [2.24, 2.45) is 10.8 Å². The van der Waals surface area contributed by atoms with Gasteiger partial charge in [-0.15, -0.1) is 0 Å². The molecule has 0 unspecified atom stereocenters. The quantitative estimate of drug-likeness (QED) is 0.0272. The lowest BCUT2D eigenvalue weighted by Crippen LogP contribution is -2.54. The largest absolute Gasteiger partial charge is 0.460 e. The predicted molar refractivity (Wildman–Crippen MR) is 321 cm³/mol. The number of hydrogen-bond acceptors (Lipinski definition) is 11. The molecule has 0 aromatic heterocycles. The molecular formula is C70H75F9O11. The molecular weight excluding hydrogens is 1190 g/mol.